The third kappa shape index (κ3) is 5.68. The van der Waals surface area contributed by atoms with E-state index >= 15 is 0 Å². The fourth-order valence-electron chi connectivity index (χ4n) is 4.85. The smallest absolute Gasteiger partial charge is 0.0380 e. The Morgan fingerprint density at radius 3 is 2.15 bits per heavy atom. The van der Waals surface area contributed by atoms with Crippen molar-refractivity contribution in [2.24, 2.45) is 0 Å². The minimum atomic E-state index is 0.931. The van der Waals surface area contributed by atoms with Gasteiger partial charge in [-0.2, -0.15) is 0 Å². The van der Waals surface area contributed by atoms with Crippen molar-refractivity contribution in [2.45, 2.75) is 46.2 Å². The van der Waals surface area contributed by atoms with Gasteiger partial charge in [0.25, 0.3) is 0 Å². The Labute approximate surface area is 220 Å². The van der Waals surface area contributed by atoms with Gasteiger partial charge in [-0.15, -0.1) is 0 Å². The van der Waals surface area contributed by atoms with Crippen LogP contribution >= 0.6 is 31.9 Å². The second-order valence-electron chi connectivity index (χ2n) is 9.28. The summed E-state index contributed by atoms with van der Waals surface area (Å²) in [6.45, 7) is 9.30. The lowest BCUT2D eigenvalue weighted by molar-refractivity contribution is 0.257. The molecule has 3 aromatic carbocycles. The van der Waals surface area contributed by atoms with Crippen LogP contribution < -0.4 is 16.8 Å². The number of fused-ring (bicyclic) bond motifs is 2. The average molecular weight is 586 g/mol. The Hall–Kier alpha value is -1.86. The van der Waals surface area contributed by atoms with Crippen molar-refractivity contribution in [3.05, 3.63) is 90.4 Å². The minimum absolute atomic E-state index is 0.931. The molecule has 0 radical (unpaired) electrons. The zero-order chi connectivity index (χ0) is 24.2. The van der Waals surface area contributed by atoms with Crippen LogP contribution in [-0.2, 0) is 32.4 Å². The molecule has 0 saturated heterocycles. The Morgan fingerprint density at radius 1 is 0.853 bits per heavy atom. The Kier molecular flexibility index (Phi) is 8.35. The lowest BCUT2D eigenvalue weighted by Crippen LogP contribution is -2.33. The van der Waals surface area contributed by atoms with Gasteiger partial charge in [0, 0.05) is 46.5 Å². The summed E-state index contributed by atoms with van der Waals surface area (Å²) in [6, 6.07) is 14.9. The third-order valence-electron chi connectivity index (χ3n) is 6.96. The SMILES string of the molecule is Cc1cc(Br)c2c(c1N)CCN(CCc1ccccc1)C2.Cc1cc(Br)c2c(c1N)CCNC2. The summed E-state index contributed by atoms with van der Waals surface area (Å²) in [5.41, 5.74) is 23.4. The van der Waals surface area contributed by atoms with Gasteiger partial charge in [0.15, 0.2) is 0 Å². The first-order valence-electron chi connectivity index (χ1n) is 11.9. The molecule has 0 amide bonds. The van der Waals surface area contributed by atoms with Crippen LogP contribution in [0.4, 0.5) is 11.4 Å². The second-order valence-corrected chi connectivity index (χ2v) is 11.0. The van der Waals surface area contributed by atoms with E-state index in [9.17, 15) is 0 Å². The largest absolute Gasteiger partial charge is 0.398 e. The maximum atomic E-state index is 6.24. The molecule has 0 atom stereocenters. The van der Waals surface area contributed by atoms with Gasteiger partial charge in [0.05, 0.1) is 0 Å². The van der Waals surface area contributed by atoms with Crippen LogP contribution in [0.2, 0.25) is 0 Å². The molecule has 2 heterocycles. The van der Waals surface area contributed by atoms with Crippen LogP contribution in [-0.4, -0.2) is 24.5 Å². The highest BCUT2D eigenvalue weighted by Gasteiger charge is 2.21. The molecular formula is C28H34Br2N4. The summed E-state index contributed by atoms with van der Waals surface area (Å²) < 4.78 is 2.38. The summed E-state index contributed by atoms with van der Waals surface area (Å²) in [7, 11) is 0. The van der Waals surface area contributed by atoms with Crippen LogP contribution in [0.1, 0.15) is 38.9 Å². The average Bonchev–Trinajstić information content (AvgIpc) is 2.86. The van der Waals surface area contributed by atoms with Gasteiger partial charge in [-0.3, -0.25) is 4.90 Å². The van der Waals surface area contributed by atoms with E-state index in [0.717, 1.165) is 63.4 Å². The van der Waals surface area contributed by atoms with Crippen molar-refractivity contribution in [1.29, 1.82) is 0 Å². The summed E-state index contributed by atoms with van der Waals surface area (Å²) in [4.78, 5) is 2.52. The lowest BCUT2D eigenvalue weighted by Gasteiger charge is -2.31. The maximum Gasteiger partial charge on any atom is 0.0380 e. The Balaban J connectivity index is 0.000000180. The zero-order valence-corrected chi connectivity index (χ0v) is 23.2. The summed E-state index contributed by atoms with van der Waals surface area (Å²) in [5.74, 6) is 0. The number of rotatable bonds is 3. The number of aryl methyl sites for hydroxylation is 2. The molecule has 0 bridgehead atoms. The molecular weight excluding hydrogens is 552 g/mol. The fraction of sp³-hybridized carbons (Fsp3) is 0.357. The van der Waals surface area contributed by atoms with Crippen molar-refractivity contribution in [1.82, 2.24) is 10.2 Å². The molecule has 0 aliphatic carbocycles. The van der Waals surface area contributed by atoms with Crippen LogP contribution in [0.5, 0.6) is 0 Å². The van der Waals surface area contributed by atoms with Crippen molar-refractivity contribution < 1.29 is 0 Å². The molecule has 6 heteroatoms. The van der Waals surface area contributed by atoms with Crippen molar-refractivity contribution >= 4 is 43.2 Å². The predicted octanol–water partition coefficient (Wildman–Crippen LogP) is 5.93. The van der Waals surface area contributed by atoms with E-state index in [2.05, 4.69) is 98.4 Å². The molecule has 5 rings (SSSR count). The monoisotopic (exact) mass is 584 g/mol. The summed E-state index contributed by atoms with van der Waals surface area (Å²) in [6.07, 6.45) is 3.20. The number of hydrogen-bond donors (Lipinski definition) is 3. The standard InChI is InChI=1S/C18H21BrN2.C10H13BrN2/c1-13-11-17(19)16-12-21(10-8-15(16)18(13)20)9-7-14-5-3-2-4-6-14;1-6-4-9(11)8-5-13-3-2-7(8)10(6)12/h2-6,11H,7-10,12,20H2,1H3;4,13H,2-3,5,12H2,1H3. The third-order valence-corrected chi connectivity index (χ3v) is 8.38. The predicted molar refractivity (Wildman–Crippen MR) is 151 cm³/mol. The molecule has 0 fully saturated rings. The number of nitrogens with zero attached hydrogens (tertiary/aromatic N) is 1. The number of benzene rings is 3. The first kappa shape index (κ1) is 25.2. The highest BCUT2D eigenvalue weighted by molar-refractivity contribution is 9.10. The zero-order valence-electron chi connectivity index (χ0n) is 20.1. The van der Waals surface area contributed by atoms with Gasteiger partial charge in [-0.1, -0.05) is 62.2 Å². The van der Waals surface area contributed by atoms with Crippen LogP contribution in [0.15, 0.2) is 51.4 Å². The van der Waals surface area contributed by atoms with Gasteiger partial charge in [0.1, 0.15) is 0 Å². The van der Waals surface area contributed by atoms with Gasteiger partial charge in [-0.25, -0.2) is 0 Å². The maximum absolute atomic E-state index is 6.24. The lowest BCUT2D eigenvalue weighted by atomic mass is 9.95. The first-order valence-corrected chi connectivity index (χ1v) is 13.5. The molecule has 0 spiro atoms. The molecule has 0 unspecified atom stereocenters. The van der Waals surface area contributed by atoms with Gasteiger partial charge in [0.2, 0.25) is 0 Å². The Bertz CT molecular complexity index is 1160. The van der Waals surface area contributed by atoms with E-state index in [1.807, 2.05) is 0 Å². The van der Waals surface area contributed by atoms with Gasteiger partial charge in [-0.05, 0) is 90.7 Å². The van der Waals surface area contributed by atoms with Crippen molar-refractivity contribution in [3.8, 4) is 0 Å². The Morgan fingerprint density at radius 2 is 1.47 bits per heavy atom. The topological polar surface area (TPSA) is 67.3 Å². The number of nitrogens with two attached hydrogens (primary N) is 2. The van der Waals surface area contributed by atoms with E-state index < -0.39 is 0 Å². The molecule has 34 heavy (non-hydrogen) atoms. The fourth-order valence-corrected chi connectivity index (χ4v) is 6.29. The number of anilines is 2. The highest BCUT2D eigenvalue weighted by Crippen LogP contribution is 2.33. The molecule has 3 aromatic rings. The molecule has 4 nitrogen and oxygen atoms in total. The van der Waals surface area contributed by atoms with E-state index in [1.54, 1.807) is 0 Å². The second kappa shape index (κ2) is 11.3. The molecule has 2 aliphatic rings. The van der Waals surface area contributed by atoms with Gasteiger partial charge < -0.3 is 16.8 Å². The van der Waals surface area contributed by atoms with Crippen molar-refractivity contribution in [2.75, 3.05) is 31.1 Å². The molecule has 180 valence electrons. The number of halogens is 2. The van der Waals surface area contributed by atoms with Crippen molar-refractivity contribution in [3.63, 3.8) is 0 Å². The molecule has 2 aliphatic heterocycles. The number of hydrogen-bond acceptors (Lipinski definition) is 4. The van der Waals surface area contributed by atoms with Crippen LogP contribution in [0.25, 0.3) is 0 Å². The van der Waals surface area contributed by atoms with E-state index in [4.69, 9.17) is 11.5 Å². The first-order chi connectivity index (χ1) is 16.3. The number of nitrogens with one attached hydrogen (secondary N) is 1. The van der Waals surface area contributed by atoms with Crippen LogP contribution in [0, 0.1) is 13.8 Å². The van der Waals surface area contributed by atoms with Crippen LogP contribution in [0.3, 0.4) is 0 Å². The van der Waals surface area contributed by atoms with Gasteiger partial charge >= 0.3 is 0 Å². The minimum Gasteiger partial charge on any atom is -0.398 e. The van der Waals surface area contributed by atoms with E-state index in [1.165, 1.54) is 47.9 Å². The highest BCUT2D eigenvalue weighted by atomic mass is 79.9. The molecule has 0 aromatic heterocycles. The molecule has 0 saturated carbocycles. The summed E-state index contributed by atoms with van der Waals surface area (Å²) >= 11 is 7.28. The van der Waals surface area contributed by atoms with E-state index in [-0.39, 0.29) is 0 Å². The van der Waals surface area contributed by atoms with E-state index in [0.29, 0.717) is 0 Å². The quantitative estimate of drug-likeness (QED) is 0.333. The summed E-state index contributed by atoms with van der Waals surface area (Å²) in [5, 5.41) is 3.34. The number of nitrogen functional groups attached to an aromatic ring is 2. The normalized spacial score (nSPS) is 15.2. The molecule has 5 N–H and O–H groups in total.